The summed E-state index contributed by atoms with van der Waals surface area (Å²) in [5.74, 6) is 0.908. The van der Waals surface area contributed by atoms with E-state index < -0.39 is 0 Å². The highest BCUT2D eigenvalue weighted by Gasteiger charge is 2.19. The lowest BCUT2D eigenvalue weighted by Crippen LogP contribution is -2.17. The monoisotopic (exact) mass is 242 g/mol. The van der Waals surface area contributed by atoms with Gasteiger partial charge in [0.1, 0.15) is 5.82 Å². The van der Waals surface area contributed by atoms with Gasteiger partial charge in [-0.25, -0.2) is 4.98 Å². The van der Waals surface area contributed by atoms with Gasteiger partial charge >= 0.3 is 0 Å². The molecule has 0 fully saturated rings. The van der Waals surface area contributed by atoms with Crippen molar-refractivity contribution in [2.75, 3.05) is 11.9 Å². The second kappa shape index (κ2) is 5.59. The molecule has 0 saturated heterocycles. The Bertz CT molecular complexity index is 316. The number of nitrogens with two attached hydrogens (primary N) is 1. The Morgan fingerprint density at radius 3 is 2.62 bits per heavy atom. The van der Waals surface area contributed by atoms with Crippen molar-refractivity contribution >= 4 is 16.7 Å². The maximum absolute atomic E-state index is 5.48. The van der Waals surface area contributed by atoms with E-state index in [2.05, 4.69) is 42.4 Å². The molecule has 0 aliphatic carbocycles. The van der Waals surface area contributed by atoms with Crippen molar-refractivity contribution in [3.8, 4) is 0 Å². The lowest BCUT2D eigenvalue weighted by Gasteiger charge is -2.13. The fraction of sp³-hybridized carbons (Fsp3) is 0.818. The summed E-state index contributed by atoms with van der Waals surface area (Å²) in [4.78, 5) is 4.49. The van der Waals surface area contributed by atoms with Crippen LogP contribution in [0.1, 0.15) is 46.4 Å². The van der Waals surface area contributed by atoms with Crippen molar-refractivity contribution < 1.29 is 0 Å². The summed E-state index contributed by atoms with van der Waals surface area (Å²) in [5.41, 5.74) is 5.50. The number of hydrogen-bond acceptors (Lipinski definition) is 5. The van der Waals surface area contributed by atoms with Gasteiger partial charge in [-0.05, 0) is 26.3 Å². The zero-order valence-corrected chi connectivity index (χ0v) is 11.4. The van der Waals surface area contributed by atoms with Gasteiger partial charge in [0.2, 0.25) is 5.13 Å². The Kier molecular flexibility index (Phi) is 4.68. The Balaban J connectivity index is 2.52. The van der Waals surface area contributed by atoms with Gasteiger partial charge in [-0.15, -0.1) is 0 Å². The maximum atomic E-state index is 5.48. The number of rotatable bonds is 5. The average molecular weight is 242 g/mol. The Labute approximate surface area is 102 Å². The van der Waals surface area contributed by atoms with E-state index in [0.29, 0.717) is 6.04 Å². The van der Waals surface area contributed by atoms with E-state index in [1.165, 1.54) is 11.5 Å². The third-order valence-corrected chi connectivity index (χ3v) is 2.95. The predicted octanol–water partition coefficient (Wildman–Crippen LogP) is 2.37. The highest BCUT2D eigenvalue weighted by atomic mass is 32.1. The fourth-order valence-electron chi connectivity index (χ4n) is 1.29. The molecular weight excluding hydrogens is 220 g/mol. The first-order valence-corrected chi connectivity index (χ1v) is 6.51. The van der Waals surface area contributed by atoms with E-state index in [-0.39, 0.29) is 5.41 Å². The minimum atomic E-state index is 0.0247. The van der Waals surface area contributed by atoms with Gasteiger partial charge in [0.15, 0.2) is 0 Å². The van der Waals surface area contributed by atoms with Crippen molar-refractivity contribution in [1.82, 2.24) is 9.36 Å². The number of nitrogens with one attached hydrogen (secondary N) is 1. The maximum Gasteiger partial charge on any atom is 0.202 e. The van der Waals surface area contributed by atoms with Crippen LogP contribution in [0.4, 0.5) is 5.13 Å². The molecule has 92 valence electrons. The summed E-state index contributed by atoms with van der Waals surface area (Å²) in [7, 11) is 0. The lowest BCUT2D eigenvalue weighted by molar-refractivity contribution is 0.554. The van der Waals surface area contributed by atoms with E-state index in [0.717, 1.165) is 30.3 Å². The van der Waals surface area contributed by atoms with Crippen LogP contribution in [0.15, 0.2) is 0 Å². The number of aromatic nitrogens is 2. The van der Waals surface area contributed by atoms with E-state index >= 15 is 0 Å². The molecule has 1 heterocycles. The van der Waals surface area contributed by atoms with Crippen LogP contribution in [0.2, 0.25) is 0 Å². The summed E-state index contributed by atoms with van der Waals surface area (Å²) in [6, 6.07) is 0.407. The quantitative estimate of drug-likeness (QED) is 0.832. The first-order chi connectivity index (χ1) is 7.43. The van der Waals surface area contributed by atoms with Gasteiger partial charge in [0, 0.05) is 23.0 Å². The molecule has 0 aliphatic rings. The van der Waals surface area contributed by atoms with Crippen molar-refractivity contribution in [2.45, 2.75) is 52.0 Å². The largest absolute Gasteiger partial charge is 0.358 e. The molecule has 0 spiro atoms. The lowest BCUT2D eigenvalue weighted by atomic mass is 9.96. The first-order valence-electron chi connectivity index (χ1n) is 5.74. The SMILES string of the molecule is CC(CCCN)Nc1nc(C(C)(C)C)ns1. The average Bonchev–Trinajstić information content (AvgIpc) is 2.62. The number of nitrogens with zero attached hydrogens (tertiary/aromatic N) is 2. The Hall–Kier alpha value is -0.680. The molecule has 0 saturated carbocycles. The van der Waals surface area contributed by atoms with Crippen molar-refractivity contribution in [3.63, 3.8) is 0 Å². The summed E-state index contributed by atoms with van der Waals surface area (Å²) < 4.78 is 4.36. The normalized spacial score (nSPS) is 13.8. The van der Waals surface area contributed by atoms with Crippen molar-refractivity contribution in [2.24, 2.45) is 5.73 Å². The van der Waals surface area contributed by atoms with Gasteiger partial charge in [0.05, 0.1) is 0 Å². The summed E-state index contributed by atoms with van der Waals surface area (Å²) >= 11 is 1.43. The number of anilines is 1. The Morgan fingerprint density at radius 2 is 2.12 bits per heavy atom. The molecule has 1 atom stereocenters. The minimum Gasteiger partial charge on any atom is -0.358 e. The van der Waals surface area contributed by atoms with Gasteiger partial charge in [0.25, 0.3) is 0 Å². The second-order valence-electron chi connectivity index (χ2n) is 5.15. The van der Waals surface area contributed by atoms with Gasteiger partial charge in [-0.1, -0.05) is 20.8 Å². The second-order valence-corrected chi connectivity index (χ2v) is 5.90. The Morgan fingerprint density at radius 1 is 1.44 bits per heavy atom. The molecule has 16 heavy (non-hydrogen) atoms. The zero-order valence-electron chi connectivity index (χ0n) is 10.6. The smallest absolute Gasteiger partial charge is 0.202 e. The third kappa shape index (κ3) is 4.06. The number of hydrogen-bond donors (Lipinski definition) is 2. The van der Waals surface area contributed by atoms with Crippen LogP contribution in [0, 0.1) is 0 Å². The molecule has 0 radical (unpaired) electrons. The summed E-state index contributed by atoms with van der Waals surface area (Å²) in [6.07, 6.45) is 2.11. The van der Waals surface area contributed by atoms with Gasteiger partial charge < -0.3 is 11.1 Å². The van der Waals surface area contributed by atoms with Gasteiger partial charge in [-0.3, -0.25) is 0 Å². The van der Waals surface area contributed by atoms with Crippen LogP contribution >= 0.6 is 11.5 Å². The highest BCUT2D eigenvalue weighted by molar-refractivity contribution is 7.09. The molecule has 5 heteroatoms. The molecule has 1 aromatic rings. The highest BCUT2D eigenvalue weighted by Crippen LogP contribution is 2.23. The molecule has 1 rings (SSSR count). The molecule has 1 unspecified atom stereocenters. The first kappa shape index (κ1) is 13.4. The molecule has 3 N–H and O–H groups in total. The zero-order chi connectivity index (χ0) is 12.2. The van der Waals surface area contributed by atoms with Crippen LogP contribution < -0.4 is 11.1 Å². The molecule has 0 aliphatic heterocycles. The molecule has 0 bridgehead atoms. The summed E-state index contributed by atoms with van der Waals surface area (Å²) in [5, 5.41) is 4.27. The van der Waals surface area contributed by atoms with Crippen LogP contribution in [-0.4, -0.2) is 21.9 Å². The fourth-order valence-corrected chi connectivity index (χ4v) is 2.16. The summed E-state index contributed by atoms with van der Waals surface area (Å²) in [6.45, 7) is 9.26. The van der Waals surface area contributed by atoms with E-state index in [1.54, 1.807) is 0 Å². The molecule has 0 aromatic carbocycles. The molecule has 1 aromatic heterocycles. The van der Waals surface area contributed by atoms with Crippen LogP contribution in [0.3, 0.4) is 0 Å². The van der Waals surface area contributed by atoms with E-state index in [9.17, 15) is 0 Å². The predicted molar refractivity (Wildman–Crippen MR) is 70.0 cm³/mol. The standard InChI is InChI=1S/C11H22N4S/c1-8(6-5-7-12)13-10-14-9(15-16-10)11(2,3)4/h8H,5-7,12H2,1-4H3,(H,13,14,15). The van der Waals surface area contributed by atoms with Crippen LogP contribution in [0.5, 0.6) is 0 Å². The third-order valence-electron chi connectivity index (χ3n) is 2.31. The van der Waals surface area contributed by atoms with Gasteiger partial charge in [-0.2, -0.15) is 4.37 Å². The molecule has 0 amide bonds. The molecule has 4 nitrogen and oxygen atoms in total. The van der Waals surface area contributed by atoms with Crippen molar-refractivity contribution in [1.29, 1.82) is 0 Å². The minimum absolute atomic E-state index is 0.0247. The van der Waals surface area contributed by atoms with E-state index in [4.69, 9.17) is 5.73 Å². The molecular formula is C11H22N4S. The van der Waals surface area contributed by atoms with Crippen molar-refractivity contribution in [3.05, 3.63) is 5.82 Å². The topological polar surface area (TPSA) is 63.8 Å². The van der Waals surface area contributed by atoms with Crippen LogP contribution in [-0.2, 0) is 5.41 Å². The van der Waals surface area contributed by atoms with E-state index in [1.807, 2.05) is 0 Å². The van der Waals surface area contributed by atoms with Crippen LogP contribution in [0.25, 0.3) is 0 Å².